The van der Waals surface area contributed by atoms with Crippen LogP contribution >= 0.6 is 0 Å². The van der Waals surface area contributed by atoms with Crippen molar-refractivity contribution in [3.8, 4) is 0 Å². The maximum absolute atomic E-state index is 5.66. The van der Waals surface area contributed by atoms with Crippen LogP contribution in [0.5, 0.6) is 0 Å². The Bertz CT molecular complexity index is 171. The zero-order chi connectivity index (χ0) is 11.3. The van der Waals surface area contributed by atoms with Crippen LogP contribution in [0.3, 0.4) is 0 Å². The molecule has 2 heteroatoms. The van der Waals surface area contributed by atoms with E-state index in [9.17, 15) is 0 Å². The summed E-state index contributed by atoms with van der Waals surface area (Å²) in [7, 11) is 0. The fourth-order valence-corrected chi connectivity index (χ4v) is 2.41. The molecule has 0 aromatic carbocycles. The maximum atomic E-state index is 5.66. The van der Waals surface area contributed by atoms with Gasteiger partial charge in [-0.15, -0.1) is 0 Å². The van der Waals surface area contributed by atoms with Crippen molar-refractivity contribution in [3.63, 3.8) is 0 Å². The van der Waals surface area contributed by atoms with Gasteiger partial charge in [-0.3, -0.25) is 0 Å². The fourth-order valence-electron chi connectivity index (χ4n) is 2.41. The fraction of sp³-hybridized carbons (Fsp3) is 1.00. The highest BCUT2D eigenvalue weighted by Gasteiger charge is 2.32. The molecule has 15 heavy (non-hydrogen) atoms. The van der Waals surface area contributed by atoms with Crippen molar-refractivity contribution in [1.82, 2.24) is 5.32 Å². The first-order valence-corrected chi connectivity index (χ1v) is 6.39. The van der Waals surface area contributed by atoms with Crippen molar-refractivity contribution >= 4 is 0 Å². The Morgan fingerprint density at radius 1 is 1.27 bits per heavy atom. The minimum Gasteiger partial charge on any atom is -0.380 e. The van der Waals surface area contributed by atoms with Gasteiger partial charge in [0.1, 0.15) is 0 Å². The molecule has 0 unspecified atom stereocenters. The molecule has 90 valence electrons. The van der Waals surface area contributed by atoms with Crippen molar-refractivity contribution in [1.29, 1.82) is 0 Å². The summed E-state index contributed by atoms with van der Waals surface area (Å²) in [5, 5.41) is 3.73. The molecule has 1 heterocycles. The molecule has 0 saturated carbocycles. The summed E-state index contributed by atoms with van der Waals surface area (Å²) in [6.45, 7) is 10.9. The van der Waals surface area contributed by atoms with Gasteiger partial charge in [-0.05, 0) is 31.6 Å². The van der Waals surface area contributed by atoms with E-state index in [-0.39, 0.29) is 5.54 Å². The summed E-state index contributed by atoms with van der Waals surface area (Å²) >= 11 is 0. The first-order chi connectivity index (χ1) is 7.04. The molecule has 1 fully saturated rings. The molecular formula is C13H27NO. The van der Waals surface area contributed by atoms with E-state index in [1.165, 1.54) is 25.7 Å². The van der Waals surface area contributed by atoms with Crippen molar-refractivity contribution in [2.75, 3.05) is 13.2 Å². The average molecular weight is 213 g/mol. The topological polar surface area (TPSA) is 21.3 Å². The molecule has 1 N–H and O–H groups in total. The number of hydrogen-bond donors (Lipinski definition) is 1. The summed E-state index contributed by atoms with van der Waals surface area (Å²) < 4.78 is 5.66. The van der Waals surface area contributed by atoms with Crippen LogP contribution in [0.25, 0.3) is 0 Å². The lowest BCUT2D eigenvalue weighted by atomic mass is 9.84. The van der Waals surface area contributed by atoms with Crippen LogP contribution in [0.1, 0.15) is 53.4 Å². The molecule has 0 aliphatic carbocycles. The van der Waals surface area contributed by atoms with Gasteiger partial charge in [-0.25, -0.2) is 0 Å². The summed E-state index contributed by atoms with van der Waals surface area (Å²) in [6.07, 6.45) is 5.03. The summed E-state index contributed by atoms with van der Waals surface area (Å²) in [5.41, 5.74) is 0.261. The molecule has 0 radical (unpaired) electrons. The van der Waals surface area contributed by atoms with E-state index < -0.39 is 0 Å². The lowest BCUT2D eigenvalue weighted by molar-refractivity contribution is 0.00993. The van der Waals surface area contributed by atoms with Gasteiger partial charge in [-0.1, -0.05) is 27.7 Å². The van der Waals surface area contributed by atoms with Gasteiger partial charge in [-0.2, -0.15) is 0 Å². The van der Waals surface area contributed by atoms with E-state index >= 15 is 0 Å². The molecule has 1 atom stereocenters. The van der Waals surface area contributed by atoms with E-state index in [0.717, 1.165) is 19.1 Å². The highest BCUT2D eigenvalue weighted by atomic mass is 16.5. The third-order valence-corrected chi connectivity index (χ3v) is 3.12. The van der Waals surface area contributed by atoms with E-state index in [1.807, 2.05) is 0 Å². The second kappa shape index (κ2) is 5.86. The Hall–Kier alpha value is -0.0800. The molecule has 1 saturated heterocycles. The first kappa shape index (κ1) is 13.0. The van der Waals surface area contributed by atoms with E-state index in [4.69, 9.17) is 4.74 Å². The van der Waals surface area contributed by atoms with Crippen LogP contribution in [0, 0.1) is 5.92 Å². The Balaban J connectivity index is 2.50. The van der Waals surface area contributed by atoms with Crippen LogP contribution in [-0.2, 0) is 4.74 Å². The standard InChI is InChI=1S/C13H27NO/c1-11(2)6-8-13(14-12(3)4)7-5-9-15-10-13/h11-12,14H,5-10H2,1-4H3/t13-/m0/s1. The average Bonchev–Trinajstić information content (AvgIpc) is 2.15. The molecule has 1 aliphatic heterocycles. The molecule has 1 aliphatic rings. The van der Waals surface area contributed by atoms with Gasteiger partial charge in [0.2, 0.25) is 0 Å². The predicted octanol–water partition coefficient (Wildman–Crippen LogP) is 2.97. The van der Waals surface area contributed by atoms with Crippen LogP contribution in [0.15, 0.2) is 0 Å². The molecular weight excluding hydrogens is 186 g/mol. The van der Waals surface area contributed by atoms with Gasteiger partial charge in [0.05, 0.1) is 6.61 Å². The van der Waals surface area contributed by atoms with Crippen LogP contribution in [0.4, 0.5) is 0 Å². The van der Waals surface area contributed by atoms with Crippen molar-refractivity contribution < 1.29 is 4.74 Å². The van der Waals surface area contributed by atoms with E-state index in [0.29, 0.717) is 6.04 Å². The van der Waals surface area contributed by atoms with Gasteiger partial charge in [0.25, 0.3) is 0 Å². The summed E-state index contributed by atoms with van der Waals surface area (Å²) in [4.78, 5) is 0. The monoisotopic (exact) mass is 213 g/mol. The summed E-state index contributed by atoms with van der Waals surface area (Å²) in [5.74, 6) is 0.790. The van der Waals surface area contributed by atoms with Gasteiger partial charge >= 0.3 is 0 Å². The largest absolute Gasteiger partial charge is 0.380 e. The first-order valence-electron chi connectivity index (χ1n) is 6.39. The van der Waals surface area contributed by atoms with Crippen molar-refractivity contribution in [2.45, 2.75) is 65.0 Å². The highest BCUT2D eigenvalue weighted by molar-refractivity contribution is 4.91. The Labute approximate surface area is 94.8 Å². The number of nitrogens with one attached hydrogen (secondary N) is 1. The van der Waals surface area contributed by atoms with E-state index in [1.54, 1.807) is 0 Å². The molecule has 0 aromatic heterocycles. The number of ether oxygens (including phenoxy) is 1. The van der Waals surface area contributed by atoms with Crippen LogP contribution in [0.2, 0.25) is 0 Å². The normalized spacial score (nSPS) is 27.6. The van der Waals surface area contributed by atoms with E-state index in [2.05, 4.69) is 33.0 Å². The second-order valence-corrected chi connectivity index (χ2v) is 5.67. The predicted molar refractivity (Wildman–Crippen MR) is 65.1 cm³/mol. The molecule has 2 nitrogen and oxygen atoms in total. The molecule has 0 spiro atoms. The van der Waals surface area contributed by atoms with Crippen LogP contribution < -0.4 is 5.32 Å². The van der Waals surface area contributed by atoms with Gasteiger partial charge in [0, 0.05) is 18.2 Å². The van der Waals surface area contributed by atoms with Crippen molar-refractivity contribution in [3.05, 3.63) is 0 Å². The SMILES string of the molecule is CC(C)CC[C@@]1(NC(C)C)CCCOC1. The minimum atomic E-state index is 0.261. The molecule has 0 amide bonds. The third-order valence-electron chi connectivity index (χ3n) is 3.12. The summed E-state index contributed by atoms with van der Waals surface area (Å²) in [6, 6.07) is 0.555. The highest BCUT2D eigenvalue weighted by Crippen LogP contribution is 2.26. The van der Waals surface area contributed by atoms with Gasteiger partial charge < -0.3 is 10.1 Å². The zero-order valence-electron chi connectivity index (χ0n) is 10.8. The van der Waals surface area contributed by atoms with Gasteiger partial charge in [0.15, 0.2) is 0 Å². The third kappa shape index (κ3) is 4.52. The number of rotatable bonds is 5. The lowest BCUT2D eigenvalue weighted by Crippen LogP contribution is -2.54. The van der Waals surface area contributed by atoms with Crippen LogP contribution in [-0.4, -0.2) is 24.8 Å². The zero-order valence-corrected chi connectivity index (χ0v) is 10.8. The minimum absolute atomic E-state index is 0.261. The second-order valence-electron chi connectivity index (χ2n) is 5.67. The van der Waals surface area contributed by atoms with Crippen molar-refractivity contribution in [2.24, 2.45) is 5.92 Å². The molecule has 0 aromatic rings. The quantitative estimate of drug-likeness (QED) is 0.758. The molecule has 1 rings (SSSR count). The smallest absolute Gasteiger partial charge is 0.0648 e. The molecule has 0 bridgehead atoms. The lowest BCUT2D eigenvalue weighted by Gasteiger charge is -2.40. The Kier molecular flexibility index (Phi) is 5.07. The maximum Gasteiger partial charge on any atom is 0.0648 e. The number of hydrogen-bond acceptors (Lipinski definition) is 2. The Morgan fingerprint density at radius 2 is 2.00 bits per heavy atom. The Morgan fingerprint density at radius 3 is 2.47 bits per heavy atom.